The van der Waals surface area contributed by atoms with Crippen molar-refractivity contribution in [3.05, 3.63) is 32.4 Å². The molecular formula is C18H29ClIN. The molecule has 1 rings (SSSR count). The lowest BCUT2D eigenvalue weighted by Crippen LogP contribution is -2.24. The van der Waals surface area contributed by atoms with E-state index in [1.807, 2.05) is 0 Å². The molecule has 0 saturated carbocycles. The molecule has 21 heavy (non-hydrogen) atoms. The third kappa shape index (κ3) is 6.87. The van der Waals surface area contributed by atoms with Crippen molar-refractivity contribution in [2.45, 2.75) is 65.3 Å². The van der Waals surface area contributed by atoms with Gasteiger partial charge < -0.3 is 5.32 Å². The normalized spacial score (nSPS) is 14.1. The van der Waals surface area contributed by atoms with E-state index >= 15 is 0 Å². The van der Waals surface area contributed by atoms with Gasteiger partial charge in [-0.05, 0) is 65.6 Å². The number of rotatable bonds is 10. The molecule has 120 valence electrons. The van der Waals surface area contributed by atoms with Crippen LogP contribution in [0.5, 0.6) is 0 Å². The van der Waals surface area contributed by atoms with Gasteiger partial charge in [-0.1, -0.05) is 64.1 Å². The van der Waals surface area contributed by atoms with Crippen LogP contribution in [0.2, 0.25) is 5.02 Å². The molecule has 0 spiro atoms. The number of halogens is 2. The monoisotopic (exact) mass is 421 g/mol. The van der Waals surface area contributed by atoms with Crippen LogP contribution < -0.4 is 5.32 Å². The van der Waals surface area contributed by atoms with Crippen molar-refractivity contribution < 1.29 is 0 Å². The molecule has 0 fully saturated rings. The maximum atomic E-state index is 6.31. The standard InChI is InChI=1S/C18H29ClIN/c1-4-7-8-14(6-3)12-18(21-11-5-2)15-9-10-17(20)16(19)13-15/h9-10,13-14,18,21H,4-8,11-12H2,1-3H3. The molecule has 0 aromatic heterocycles. The van der Waals surface area contributed by atoms with Crippen molar-refractivity contribution in [1.82, 2.24) is 5.32 Å². The van der Waals surface area contributed by atoms with E-state index < -0.39 is 0 Å². The maximum Gasteiger partial charge on any atom is 0.0542 e. The molecule has 0 aliphatic heterocycles. The maximum absolute atomic E-state index is 6.31. The smallest absolute Gasteiger partial charge is 0.0542 e. The van der Waals surface area contributed by atoms with Crippen LogP contribution in [0.3, 0.4) is 0 Å². The molecule has 1 aromatic carbocycles. The van der Waals surface area contributed by atoms with Crippen LogP contribution in [-0.4, -0.2) is 6.54 Å². The molecule has 0 saturated heterocycles. The fourth-order valence-electron chi connectivity index (χ4n) is 2.70. The largest absolute Gasteiger partial charge is 0.310 e. The van der Waals surface area contributed by atoms with Gasteiger partial charge in [0.25, 0.3) is 0 Å². The van der Waals surface area contributed by atoms with Crippen molar-refractivity contribution in [2.24, 2.45) is 5.92 Å². The first-order valence-electron chi connectivity index (χ1n) is 8.30. The molecule has 0 radical (unpaired) electrons. The summed E-state index contributed by atoms with van der Waals surface area (Å²) in [6, 6.07) is 6.93. The Bertz CT molecular complexity index is 408. The highest BCUT2D eigenvalue weighted by molar-refractivity contribution is 14.1. The second-order valence-electron chi connectivity index (χ2n) is 5.83. The molecule has 0 aliphatic carbocycles. The van der Waals surface area contributed by atoms with Crippen molar-refractivity contribution in [2.75, 3.05) is 6.54 Å². The zero-order chi connectivity index (χ0) is 15.7. The van der Waals surface area contributed by atoms with Gasteiger partial charge in [-0.15, -0.1) is 0 Å². The van der Waals surface area contributed by atoms with Crippen LogP contribution in [-0.2, 0) is 0 Å². The molecular weight excluding hydrogens is 393 g/mol. The summed E-state index contributed by atoms with van der Waals surface area (Å²) in [4.78, 5) is 0. The van der Waals surface area contributed by atoms with Gasteiger partial charge in [0, 0.05) is 9.61 Å². The van der Waals surface area contributed by atoms with Gasteiger partial charge in [-0.25, -0.2) is 0 Å². The summed E-state index contributed by atoms with van der Waals surface area (Å²) in [5.74, 6) is 0.803. The number of hydrogen-bond donors (Lipinski definition) is 1. The first-order valence-corrected chi connectivity index (χ1v) is 9.76. The molecule has 0 bridgehead atoms. The van der Waals surface area contributed by atoms with Gasteiger partial charge >= 0.3 is 0 Å². The van der Waals surface area contributed by atoms with Gasteiger partial charge in [0.15, 0.2) is 0 Å². The molecule has 1 aromatic rings. The molecule has 2 unspecified atom stereocenters. The van der Waals surface area contributed by atoms with Crippen LogP contribution in [0.4, 0.5) is 0 Å². The van der Waals surface area contributed by atoms with Gasteiger partial charge in [0.05, 0.1) is 5.02 Å². The van der Waals surface area contributed by atoms with Gasteiger partial charge in [-0.2, -0.15) is 0 Å². The number of unbranched alkanes of at least 4 members (excludes halogenated alkanes) is 1. The third-order valence-corrected chi connectivity index (χ3v) is 5.67. The lowest BCUT2D eigenvalue weighted by Gasteiger charge is -2.24. The van der Waals surface area contributed by atoms with E-state index in [0.29, 0.717) is 6.04 Å². The van der Waals surface area contributed by atoms with Crippen LogP contribution >= 0.6 is 34.2 Å². The molecule has 0 heterocycles. The SMILES string of the molecule is CCCCC(CC)CC(NCCC)c1ccc(I)c(Cl)c1. The molecule has 0 aliphatic rings. The van der Waals surface area contributed by atoms with Crippen LogP contribution in [0, 0.1) is 9.49 Å². The van der Waals surface area contributed by atoms with Crippen LogP contribution in [0.1, 0.15) is 70.9 Å². The zero-order valence-electron chi connectivity index (χ0n) is 13.6. The number of hydrogen-bond acceptors (Lipinski definition) is 1. The van der Waals surface area contributed by atoms with E-state index in [1.165, 1.54) is 44.1 Å². The highest BCUT2D eigenvalue weighted by atomic mass is 127. The minimum absolute atomic E-state index is 0.432. The zero-order valence-corrected chi connectivity index (χ0v) is 16.5. The topological polar surface area (TPSA) is 12.0 Å². The van der Waals surface area contributed by atoms with E-state index in [1.54, 1.807) is 0 Å². The van der Waals surface area contributed by atoms with Crippen molar-refractivity contribution in [1.29, 1.82) is 0 Å². The van der Waals surface area contributed by atoms with E-state index in [4.69, 9.17) is 11.6 Å². The quantitative estimate of drug-likeness (QED) is 0.420. The lowest BCUT2D eigenvalue weighted by atomic mass is 9.89. The van der Waals surface area contributed by atoms with Crippen molar-refractivity contribution >= 4 is 34.2 Å². The second-order valence-corrected chi connectivity index (χ2v) is 7.40. The minimum atomic E-state index is 0.432. The highest BCUT2D eigenvalue weighted by Crippen LogP contribution is 2.29. The number of nitrogens with one attached hydrogen (secondary N) is 1. The molecule has 1 nitrogen and oxygen atoms in total. The summed E-state index contributed by atoms with van der Waals surface area (Å²) in [5, 5.41) is 4.59. The molecule has 1 N–H and O–H groups in total. The summed E-state index contributed by atoms with van der Waals surface area (Å²) in [6.45, 7) is 7.88. The van der Waals surface area contributed by atoms with Crippen molar-refractivity contribution in [3.63, 3.8) is 0 Å². The van der Waals surface area contributed by atoms with E-state index in [2.05, 4.69) is 66.9 Å². The Morgan fingerprint density at radius 2 is 1.95 bits per heavy atom. The first kappa shape index (κ1) is 19.2. The van der Waals surface area contributed by atoms with Crippen LogP contribution in [0.15, 0.2) is 18.2 Å². The lowest BCUT2D eigenvalue weighted by molar-refractivity contribution is 0.353. The Balaban J connectivity index is 2.80. The summed E-state index contributed by atoms with van der Waals surface area (Å²) in [7, 11) is 0. The fraction of sp³-hybridized carbons (Fsp3) is 0.667. The van der Waals surface area contributed by atoms with Crippen LogP contribution in [0.25, 0.3) is 0 Å². The summed E-state index contributed by atoms with van der Waals surface area (Å²) >= 11 is 8.60. The Labute approximate surface area is 149 Å². The van der Waals surface area contributed by atoms with E-state index in [-0.39, 0.29) is 0 Å². The van der Waals surface area contributed by atoms with E-state index in [0.717, 1.165) is 21.1 Å². The van der Waals surface area contributed by atoms with Gasteiger partial charge in [0.2, 0.25) is 0 Å². The predicted molar refractivity (Wildman–Crippen MR) is 103 cm³/mol. The molecule has 3 heteroatoms. The minimum Gasteiger partial charge on any atom is -0.310 e. The number of benzene rings is 1. The second kappa shape index (κ2) is 10.8. The highest BCUT2D eigenvalue weighted by Gasteiger charge is 2.17. The average molecular weight is 422 g/mol. The third-order valence-electron chi connectivity index (χ3n) is 4.10. The molecule has 0 amide bonds. The summed E-state index contributed by atoms with van der Waals surface area (Å²) < 4.78 is 1.13. The Kier molecular flexibility index (Phi) is 9.94. The predicted octanol–water partition coefficient (Wildman–Crippen LogP) is 6.59. The van der Waals surface area contributed by atoms with Crippen molar-refractivity contribution in [3.8, 4) is 0 Å². The fourth-order valence-corrected chi connectivity index (χ4v) is 3.22. The summed E-state index contributed by atoms with van der Waals surface area (Å²) in [5.41, 5.74) is 1.34. The Morgan fingerprint density at radius 1 is 1.19 bits per heavy atom. The van der Waals surface area contributed by atoms with E-state index in [9.17, 15) is 0 Å². The van der Waals surface area contributed by atoms with Gasteiger partial charge in [-0.3, -0.25) is 0 Å². The Hall–Kier alpha value is 0.200. The van der Waals surface area contributed by atoms with Gasteiger partial charge in [0.1, 0.15) is 0 Å². The molecule has 2 atom stereocenters. The average Bonchev–Trinajstić information content (AvgIpc) is 2.49. The summed E-state index contributed by atoms with van der Waals surface area (Å²) in [6.07, 6.45) is 7.62. The first-order chi connectivity index (χ1) is 10.1. The Morgan fingerprint density at radius 3 is 2.52 bits per heavy atom.